The molecule has 1 aromatic carbocycles. The van der Waals surface area contributed by atoms with Crippen LogP contribution in [0.1, 0.15) is 16.3 Å². The third kappa shape index (κ3) is 3.35. The molecule has 4 heteroatoms. The Morgan fingerprint density at radius 1 is 1.35 bits per heavy atom. The summed E-state index contributed by atoms with van der Waals surface area (Å²) in [5.41, 5.74) is 1.79. The molecule has 0 saturated carbocycles. The first-order chi connectivity index (χ1) is 8.29. The fraction of sp³-hybridized carbons (Fsp3) is 0.308. The van der Waals surface area contributed by atoms with Crippen LogP contribution in [0.25, 0.3) is 0 Å². The van der Waals surface area contributed by atoms with Gasteiger partial charge in [0.25, 0.3) is 0 Å². The fourth-order valence-electron chi connectivity index (χ4n) is 1.60. The Morgan fingerprint density at radius 2 is 2.18 bits per heavy atom. The van der Waals surface area contributed by atoms with Gasteiger partial charge in [-0.2, -0.15) is 0 Å². The number of likely N-dealkylation sites (N-methyl/N-ethyl adjacent to an activating group) is 1. The Kier molecular flexibility index (Phi) is 4.23. The molecule has 0 amide bonds. The van der Waals surface area contributed by atoms with Gasteiger partial charge in [-0.05, 0) is 18.7 Å². The van der Waals surface area contributed by atoms with E-state index in [1.807, 2.05) is 24.6 Å². The Balaban J connectivity index is 2.04. The number of hydrogen-bond donors (Lipinski definition) is 1. The number of hydrogen-bond acceptors (Lipinski definition) is 3. The maximum absolute atomic E-state index is 13.5. The smallest absolute Gasteiger partial charge is 0.126 e. The number of aromatic nitrogens is 1. The standard InChI is InChI=1S/C13H15FN2S/c1-15-7-6-11-9-17-13(16-11)8-10-4-2-3-5-12(10)14/h2-5,9,15H,6-8H2,1H3. The van der Waals surface area contributed by atoms with Crippen molar-refractivity contribution in [1.29, 1.82) is 0 Å². The summed E-state index contributed by atoms with van der Waals surface area (Å²) in [7, 11) is 1.92. The first kappa shape index (κ1) is 12.2. The zero-order chi connectivity index (χ0) is 12.1. The highest BCUT2D eigenvalue weighted by molar-refractivity contribution is 7.09. The van der Waals surface area contributed by atoms with E-state index in [4.69, 9.17) is 0 Å². The van der Waals surface area contributed by atoms with Crippen molar-refractivity contribution in [2.24, 2.45) is 0 Å². The van der Waals surface area contributed by atoms with Crippen molar-refractivity contribution >= 4 is 11.3 Å². The van der Waals surface area contributed by atoms with Crippen LogP contribution in [-0.2, 0) is 12.8 Å². The largest absolute Gasteiger partial charge is 0.319 e. The predicted octanol–water partition coefficient (Wildman–Crippen LogP) is 2.63. The lowest BCUT2D eigenvalue weighted by atomic mass is 10.1. The summed E-state index contributed by atoms with van der Waals surface area (Å²) >= 11 is 1.60. The van der Waals surface area contributed by atoms with E-state index in [9.17, 15) is 4.39 Å². The molecule has 0 unspecified atom stereocenters. The van der Waals surface area contributed by atoms with E-state index in [0.717, 1.165) is 23.7 Å². The monoisotopic (exact) mass is 250 g/mol. The predicted molar refractivity (Wildman–Crippen MR) is 69.0 cm³/mol. The molecule has 1 aromatic heterocycles. The van der Waals surface area contributed by atoms with E-state index in [0.29, 0.717) is 12.0 Å². The molecule has 0 atom stereocenters. The summed E-state index contributed by atoms with van der Waals surface area (Å²) in [5, 5.41) is 6.11. The van der Waals surface area contributed by atoms with Crippen LogP contribution in [0.5, 0.6) is 0 Å². The number of benzene rings is 1. The Bertz CT molecular complexity index is 482. The lowest BCUT2D eigenvalue weighted by Crippen LogP contribution is -2.10. The molecule has 1 N–H and O–H groups in total. The van der Waals surface area contributed by atoms with Gasteiger partial charge in [-0.3, -0.25) is 0 Å². The lowest BCUT2D eigenvalue weighted by molar-refractivity contribution is 0.613. The van der Waals surface area contributed by atoms with Crippen molar-refractivity contribution in [3.8, 4) is 0 Å². The van der Waals surface area contributed by atoms with Gasteiger partial charge in [-0.1, -0.05) is 18.2 Å². The molecule has 0 saturated heterocycles. The van der Waals surface area contributed by atoms with Crippen LogP contribution in [0.2, 0.25) is 0 Å². The molecule has 0 radical (unpaired) electrons. The van der Waals surface area contributed by atoms with Gasteiger partial charge in [0.05, 0.1) is 10.7 Å². The average Bonchev–Trinajstić information content (AvgIpc) is 2.77. The summed E-state index contributed by atoms with van der Waals surface area (Å²) in [4.78, 5) is 4.50. The van der Waals surface area contributed by atoms with Gasteiger partial charge >= 0.3 is 0 Å². The van der Waals surface area contributed by atoms with Crippen LogP contribution in [0.15, 0.2) is 29.6 Å². The Hall–Kier alpha value is -1.26. The second kappa shape index (κ2) is 5.89. The minimum Gasteiger partial charge on any atom is -0.319 e. The van der Waals surface area contributed by atoms with Crippen LogP contribution >= 0.6 is 11.3 Å². The van der Waals surface area contributed by atoms with Crippen molar-refractivity contribution < 1.29 is 4.39 Å². The van der Waals surface area contributed by atoms with Crippen molar-refractivity contribution in [3.05, 3.63) is 51.7 Å². The summed E-state index contributed by atoms with van der Waals surface area (Å²) in [5.74, 6) is -0.153. The molecule has 0 aliphatic carbocycles. The molecule has 0 aliphatic rings. The molecular formula is C13H15FN2S. The van der Waals surface area contributed by atoms with Gasteiger partial charge in [-0.25, -0.2) is 9.37 Å². The normalized spacial score (nSPS) is 10.7. The number of nitrogens with zero attached hydrogens (tertiary/aromatic N) is 1. The minimum atomic E-state index is -0.153. The Morgan fingerprint density at radius 3 is 2.94 bits per heavy atom. The molecule has 0 fully saturated rings. The summed E-state index contributed by atoms with van der Waals surface area (Å²) in [6, 6.07) is 6.86. The molecule has 90 valence electrons. The van der Waals surface area contributed by atoms with Crippen molar-refractivity contribution in [2.45, 2.75) is 12.8 Å². The lowest BCUT2D eigenvalue weighted by Gasteiger charge is -1.99. The van der Waals surface area contributed by atoms with Crippen LogP contribution in [-0.4, -0.2) is 18.6 Å². The molecule has 0 spiro atoms. The van der Waals surface area contributed by atoms with Gasteiger partial charge in [0, 0.05) is 24.8 Å². The SMILES string of the molecule is CNCCc1csc(Cc2ccccc2F)n1. The number of thiazole rings is 1. The van der Waals surface area contributed by atoms with Gasteiger partial charge in [0.15, 0.2) is 0 Å². The van der Waals surface area contributed by atoms with Crippen LogP contribution in [0, 0.1) is 5.82 Å². The van der Waals surface area contributed by atoms with E-state index < -0.39 is 0 Å². The first-order valence-electron chi connectivity index (χ1n) is 5.61. The topological polar surface area (TPSA) is 24.9 Å². The van der Waals surface area contributed by atoms with Gasteiger partial charge in [0.1, 0.15) is 5.82 Å². The molecular weight excluding hydrogens is 235 g/mol. The van der Waals surface area contributed by atoms with Crippen LogP contribution < -0.4 is 5.32 Å². The Labute approximate surface area is 105 Å². The molecule has 2 aromatic rings. The van der Waals surface area contributed by atoms with Crippen LogP contribution in [0.4, 0.5) is 4.39 Å². The van der Waals surface area contributed by atoms with E-state index in [1.54, 1.807) is 17.4 Å². The van der Waals surface area contributed by atoms with E-state index in [2.05, 4.69) is 10.3 Å². The molecule has 2 rings (SSSR count). The molecule has 0 bridgehead atoms. The van der Waals surface area contributed by atoms with Gasteiger partial charge in [0.2, 0.25) is 0 Å². The van der Waals surface area contributed by atoms with Crippen LogP contribution in [0.3, 0.4) is 0 Å². The minimum absolute atomic E-state index is 0.153. The molecule has 17 heavy (non-hydrogen) atoms. The maximum atomic E-state index is 13.5. The highest BCUT2D eigenvalue weighted by atomic mass is 32.1. The number of rotatable bonds is 5. The van der Waals surface area contributed by atoms with E-state index in [-0.39, 0.29) is 5.82 Å². The van der Waals surface area contributed by atoms with Crippen molar-refractivity contribution in [2.75, 3.05) is 13.6 Å². The summed E-state index contributed by atoms with van der Waals surface area (Å²) in [6.07, 6.45) is 1.50. The molecule has 2 nitrogen and oxygen atoms in total. The summed E-state index contributed by atoms with van der Waals surface area (Å²) in [6.45, 7) is 0.920. The number of halogens is 1. The van der Waals surface area contributed by atoms with Gasteiger partial charge in [-0.15, -0.1) is 11.3 Å². The average molecular weight is 250 g/mol. The fourth-order valence-corrected chi connectivity index (χ4v) is 2.45. The highest BCUT2D eigenvalue weighted by Gasteiger charge is 2.06. The third-order valence-corrected chi connectivity index (χ3v) is 3.43. The quantitative estimate of drug-likeness (QED) is 0.882. The second-order valence-corrected chi connectivity index (χ2v) is 4.80. The number of nitrogens with one attached hydrogen (secondary N) is 1. The molecule has 1 heterocycles. The van der Waals surface area contributed by atoms with Crippen molar-refractivity contribution in [3.63, 3.8) is 0 Å². The first-order valence-corrected chi connectivity index (χ1v) is 6.49. The van der Waals surface area contributed by atoms with E-state index >= 15 is 0 Å². The maximum Gasteiger partial charge on any atom is 0.126 e. The summed E-state index contributed by atoms with van der Waals surface area (Å²) < 4.78 is 13.5. The second-order valence-electron chi connectivity index (χ2n) is 3.85. The van der Waals surface area contributed by atoms with Gasteiger partial charge < -0.3 is 5.32 Å². The zero-order valence-corrected chi connectivity index (χ0v) is 10.6. The molecule has 0 aliphatic heterocycles. The third-order valence-electron chi connectivity index (χ3n) is 2.53. The highest BCUT2D eigenvalue weighted by Crippen LogP contribution is 2.17. The zero-order valence-electron chi connectivity index (χ0n) is 9.74. The van der Waals surface area contributed by atoms with Crippen molar-refractivity contribution in [1.82, 2.24) is 10.3 Å². The van der Waals surface area contributed by atoms with E-state index in [1.165, 1.54) is 6.07 Å².